The number of nitrogens with zero attached hydrogens (tertiary/aromatic N) is 2. The molecule has 3 nitrogen and oxygen atoms in total. The number of hydrogen-bond acceptors (Lipinski definition) is 4. The first-order valence-electron chi connectivity index (χ1n) is 3.49. The van der Waals surface area contributed by atoms with Gasteiger partial charge in [0, 0.05) is 18.1 Å². The molecule has 60 valence electrons. The van der Waals surface area contributed by atoms with E-state index < -0.39 is 0 Å². The van der Waals surface area contributed by atoms with Crippen molar-refractivity contribution in [2.45, 2.75) is 0 Å². The van der Waals surface area contributed by atoms with E-state index in [9.17, 15) is 4.79 Å². The highest BCUT2D eigenvalue weighted by Crippen LogP contribution is 2.24. The molecule has 0 aromatic rings. The highest BCUT2D eigenvalue weighted by atomic mass is 32.2. The summed E-state index contributed by atoms with van der Waals surface area (Å²) < 4.78 is 0. The molecule has 1 fully saturated rings. The minimum Gasteiger partial charge on any atom is -0.281 e. The summed E-state index contributed by atoms with van der Waals surface area (Å²) in [5, 5.41) is 1.10. The van der Waals surface area contributed by atoms with Gasteiger partial charge < -0.3 is 0 Å². The van der Waals surface area contributed by atoms with Crippen LogP contribution in [0.15, 0.2) is 4.99 Å². The Balaban J connectivity index is 2.08. The highest BCUT2D eigenvalue weighted by molar-refractivity contribution is 8.16. The van der Waals surface area contributed by atoms with Crippen molar-refractivity contribution >= 4 is 33.9 Å². The summed E-state index contributed by atoms with van der Waals surface area (Å²) in [6.07, 6.45) is 0. The smallest absolute Gasteiger partial charge is 0.281 e. The zero-order valence-corrected chi connectivity index (χ0v) is 7.58. The van der Waals surface area contributed by atoms with E-state index in [-0.39, 0.29) is 5.24 Å². The normalized spacial score (nSPS) is 24.5. The van der Waals surface area contributed by atoms with Gasteiger partial charge >= 0.3 is 0 Å². The van der Waals surface area contributed by atoms with Gasteiger partial charge in [0.25, 0.3) is 5.24 Å². The van der Waals surface area contributed by atoms with E-state index in [1.54, 1.807) is 16.7 Å². The Kier molecular flexibility index (Phi) is 2.09. The molecule has 1 amide bonds. The summed E-state index contributed by atoms with van der Waals surface area (Å²) in [6, 6.07) is 0. The predicted octanol–water partition coefficient (Wildman–Crippen LogP) is 1.26. The van der Waals surface area contributed by atoms with E-state index >= 15 is 0 Å². The van der Waals surface area contributed by atoms with Crippen molar-refractivity contribution in [1.29, 1.82) is 0 Å². The fourth-order valence-electron chi connectivity index (χ4n) is 1.05. The Morgan fingerprint density at radius 1 is 1.36 bits per heavy atom. The third-order valence-corrected chi connectivity index (χ3v) is 3.41. The van der Waals surface area contributed by atoms with Gasteiger partial charge in [-0.05, 0) is 0 Å². The first-order chi connectivity index (χ1) is 5.38. The molecule has 1 saturated heterocycles. The maximum Gasteiger partial charge on any atom is 0.287 e. The molecule has 0 N–H and O–H groups in total. The van der Waals surface area contributed by atoms with Crippen LogP contribution < -0.4 is 0 Å². The van der Waals surface area contributed by atoms with Crippen LogP contribution in [-0.2, 0) is 0 Å². The predicted molar refractivity (Wildman–Crippen MR) is 49.3 cm³/mol. The van der Waals surface area contributed by atoms with Crippen molar-refractivity contribution in [3.63, 3.8) is 0 Å². The lowest BCUT2D eigenvalue weighted by Gasteiger charge is -2.11. The molecule has 0 radical (unpaired) electrons. The van der Waals surface area contributed by atoms with Crippen LogP contribution in [-0.4, -0.2) is 39.9 Å². The number of rotatable bonds is 0. The summed E-state index contributed by atoms with van der Waals surface area (Å²) in [6.45, 7) is 1.71. The molecule has 2 heterocycles. The van der Waals surface area contributed by atoms with Crippen molar-refractivity contribution in [3.05, 3.63) is 0 Å². The van der Waals surface area contributed by atoms with E-state index in [2.05, 4.69) is 4.99 Å². The van der Waals surface area contributed by atoms with Gasteiger partial charge in [0.1, 0.15) is 0 Å². The average molecular weight is 188 g/mol. The summed E-state index contributed by atoms with van der Waals surface area (Å²) in [4.78, 5) is 17.2. The second kappa shape index (κ2) is 3.06. The van der Waals surface area contributed by atoms with Crippen molar-refractivity contribution in [3.8, 4) is 0 Å². The van der Waals surface area contributed by atoms with Crippen LogP contribution in [0, 0.1) is 0 Å². The number of carbonyl (C=O) groups is 1. The molecule has 0 saturated carbocycles. The monoisotopic (exact) mass is 188 g/mol. The summed E-state index contributed by atoms with van der Waals surface area (Å²) in [5.74, 6) is 1.95. The molecular formula is C6H8N2OS2. The maximum atomic E-state index is 11.2. The summed E-state index contributed by atoms with van der Waals surface area (Å²) >= 11 is 3.07. The molecule has 2 aliphatic heterocycles. The molecule has 0 aromatic carbocycles. The molecule has 0 aromatic heterocycles. The van der Waals surface area contributed by atoms with Gasteiger partial charge in [-0.15, -0.1) is 0 Å². The highest BCUT2D eigenvalue weighted by Gasteiger charge is 2.27. The molecule has 0 bridgehead atoms. The fourth-order valence-corrected chi connectivity index (χ4v) is 2.77. The minimum absolute atomic E-state index is 0.165. The SMILES string of the molecule is O=C1SCCN1C1=NCCS1. The molecule has 5 heteroatoms. The van der Waals surface area contributed by atoms with Crippen LogP contribution in [0.1, 0.15) is 0 Å². The third kappa shape index (κ3) is 1.39. The number of amides is 1. The van der Waals surface area contributed by atoms with Crippen LogP contribution in [0.3, 0.4) is 0 Å². The van der Waals surface area contributed by atoms with Crippen LogP contribution in [0.5, 0.6) is 0 Å². The van der Waals surface area contributed by atoms with Crippen LogP contribution in [0.2, 0.25) is 0 Å². The van der Waals surface area contributed by atoms with Crippen molar-refractivity contribution in [2.24, 2.45) is 4.99 Å². The molecule has 0 spiro atoms. The minimum atomic E-state index is 0.165. The van der Waals surface area contributed by atoms with Crippen LogP contribution in [0.25, 0.3) is 0 Å². The molecule has 11 heavy (non-hydrogen) atoms. The summed E-state index contributed by atoms with van der Waals surface area (Å²) in [7, 11) is 0. The topological polar surface area (TPSA) is 32.7 Å². The molecule has 2 rings (SSSR count). The van der Waals surface area contributed by atoms with E-state index in [1.165, 1.54) is 11.8 Å². The van der Waals surface area contributed by atoms with Crippen molar-refractivity contribution < 1.29 is 4.79 Å². The number of amidine groups is 1. The Labute approximate surface area is 73.6 Å². The van der Waals surface area contributed by atoms with Gasteiger partial charge in [-0.3, -0.25) is 14.7 Å². The first kappa shape index (κ1) is 7.49. The molecule has 0 aliphatic carbocycles. The van der Waals surface area contributed by atoms with Crippen molar-refractivity contribution in [2.75, 3.05) is 24.6 Å². The van der Waals surface area contributed by atoms with Gasteiger partial charge in [0.2, 0.25) is 0 Å². The van der Waals surface area contributed by atoms with Crippen molar-refractivity contribution in [1.82, 2.24) is 4.90 Å². The lowest BCUT2D eigenvalue weighted by atomic mass is 10.7. The van der Waals surface area contributed by atoms with E-state index in [4.69, 9.17) is 0 Å². The zero-order chi connectivity index (χ0) is 7.68. The maximum absolute atomic E-state index is 11.2. The van der Waals surface area contributed by atoms with Crippen LogP contribution >= 0.6 is 23.5 Å². The van der Waals surface area contributed by atoms with E-state index in [1.807, 2.05) is 0 Å². The quantitative estimate of drug-likeness (QED) is 0.573. The Morgan fingerprint density at radius 3 is 2.82 bits per heavy atom. The van der Waals surface area contributed by atoms with Gasteiger partial charge in [0.05, 0.1) is 6.54 Å². The second-order valence-corrected chi connectivity index (χ2v) is 4.39. The lowest BCUT2D eigenvalue weighted by molar-refractivity contribution is 0.248. The Morgan fingerprint density at radius 2 is 2.27 bits per heavy atom. The largest absolute Gasteiger partial charge is 0.287 e. The number of carbonyl (C=O) groups excluding carboxylic acids is 1. The number of hydrogen-bond donors (Lipinski definition) is 0. The Hall–Kier alpha value is -0.160. The van der Waals surface area contributed by atoms with Crippen LogP contribution in [0.4, 0.5) is 4.79 Å². The van der Waals surface area contributed by atoms with Gasteiger partial charge in [-0.25, -0.2) is 0 Å². The van der Waals surface area contributed by atoms with Gasteiger partial charge in [-0.2, -0.15) is 0 Å². The number of aliphatic imine (C=N–C) groups is 1. The average Bonchev–Trinajstić information content (AvgIpc) is 2.55. The van der Waals surface area contributed by atoms with E-state index in [0.717, 1.165) is 29.8 Å². The molecule has 2 aliphatic rings. The first-order valence-corrected chi connectivity index (χ1v) is 5.46. The van der Waals surface area contributed by atoms with Gasteiger partial charge in [0.15, 0.2) is 5.17 Å². The van der Waals surface area contributed by atoms with E-state index in [0.29, 0.717) is 0 Å². The standard InChI is InChI=1S/C6H8N2OS2/c9-6-8(2-4-11-6)5-7-1-3-10-5/h1-4H2. The number of thioether (sulfide) groups is 2. The molecule has 0 unspecified atom stereocenters. The summed E-state index contributed by atoms with van der Waals surface area (Å²) in [5.41, 5.74) is 0. The molecule has 0 atom stereocenters. The molecular weight excluding hydrogens is 180 g/mol. The van der Waals surface area contributed by atoms with Gasteiger partial charge in [-0.1, -0.05) is 23.5 Å². The zero-order valence-electron chi connectivity index (χ0n) is 5.95. The second-order valence-electron chi connectivity index (χ2n) is 2.28. The third-order valence-electron chi connectivity index (χ3n) is 1.56. The lowest BCUT2D eigenvalue weighted by Crippen LogP contribution is -2.27. The Bertz CT molecular complexity index is 217. The fraction of sp³-hybridized carbons (Fsp3) is 0.667.